The van der Waals surface area contributed by atoms with Crippen LogP contribution in [0.3, 0.4) is 0 Å². The van der Waals surface area contributed by atoms with Gasteiger partial charge in [-0.1, -0.05) is 315 Å². The second-order valence-electron chi connectivity index (χ2n) is 28.0. The molecule has 0 radical (unpaired) electrons. The number of rotatable bonds is 79. The molecule has 108 heavy (non-hydrogen) atoms. The molecule has 19 heteroatoms. The molecule has 0 fully saturated rings. The quantitative estimate of drug-likeness (QED) is 0.0169. The second-order valence-corrected chi connectivity index (χ2v) is 30.9. The van der Waals surface area contributed by atoms with Crippen LogP contribution in [0.2, 0.25) is 0 Å². The smallest absolute Gasteiger partial charge is 0.462 e. The third-order valence-corrected chi connectivity index (χ3v) is 19.5. The molecule has 17 nitrogen and oxygen atoms in total. The Kier molecular flexibility index (Phi) is 76.7. The number of phosphoric acid groups is 2. The van der Waals surface area contributed by atoms with Crippen molar-refractivity contribution < 1.29 is 80.2 Å². The fourth-order valence-corrected chi connectivity index (χ4v) is 12.8. The third kappa shape index (κ3) is 79.3. The number of aliphatic hydroxyl groups is 1. The van der Waals surface area contributed by atoms with Gasteiger partial charge in [-0.3, -0.25) is 37.3 Å². The van der Waals surface area contributed by atoms with Gasteiger partial charge in [0, 0.05) is 25.7 Å². The number of carbonyl (C=O) groups is 4. The molecule has 0 aliphatic heterocycles. The predicted molar refractivity (Wildman–Crippen MR) is 445 cm³/mol. The Bertz CT molecular complexity index is 2560. The highest BCUT2D eigenvalue weighted by atomic mass is 31.2. The number of unbranched alkanes of at least 4 members (excludes halogenated alkanes) is 31. The zero-order valence-electron chi connectivity index (χ0n) is 68.0. The van der Waals surface area contributed by atoms with Crippen LogP contribution in [0.15, 0.2) is 134 Å². The lowest BCUT2D eigenvalue weighted by Gasteiger charge is -2.21. The Hall–Kier alpha value is -4.80. The maximum Gasteiger partial charge on any atom is 0.472 e. The normalized spacial score (nSPS) is 14.5. The van der Waals surface area contributed by atoms with Gasteiger partial charge in [0.2, 0.25) is 0 Å². The molecule has 0 aromatic heterocycles. The van der Waals surface area contributed by atoms with E-state index in [0.717, 1.165) is 186 Å². The summed E-state index contributed by atoms with van der Waals surface area (Å²) in [7, 11) is -9.98. The van der Waals surface area contributed by atoms with Gasteiger partial charge in [0.15, 0.2) is 12.2 Å². The molecule has 0 aromatic rings. The first kappa shape index (κ1) is 103. The van der Waals surface area contributed by atoms with Crippen molar-refractivity contribution in [2.24, 2.45) is 0 Å². The van der Waals surface area contributed by atoms with E-state index in [-0.39, 0.29) is 25.7 Å². The summed E-state index contributed by atoms with van der Waals surface area (Å²) < 4.78 is 68.8. The summed E-state index contributed by atoms with van der Waals surface area (Å²) >= 11 is 0. The average molecular weight is 1560 g/mol. The van der Waals surface area contributed by atoms with Crippen molar-refractivity contribution in [1.29, 1.82) is 0 Å². The molecule has 0 aliphatic rings. The molecule has 0 amide bonds. The number of aliphatic hydroxyl groups excluding tert-OH is 1. The van der Waals surface area contributed by atoms with Gasteiger partial charge in [0.1, 0.15) is 19.3 Å². The van der Waals surface area contributed by atoms with Gasteiger partial charge in [0.25, 0.3) is 0 Å². The van der Waals surface area contributed by atoms with Crippen LogP contribution in [0.1, 0.15) is 349 Å². The van der Waals surface area contributed by atoms with E-state index in [9.17, 15) is 43.2 Å². The molecule has 0 saturated carbocycles. The van der Waals surface area contributed by atoms with Crippen LogP contribution >= 0.6 is 15.6 Å². The highest BCUT2D eigenvalue weighted by molar-refractivity contribution is 7.47. The maximum atomic E-state index is 13.1. The summed E-state index contributed by atoms with van der Waals surface area (Å²) in [6.45, 7) is 4.60. The molecule has 620 valence electrons. The van der Waals surface area contributed by atoms with E-state index in [1.54, 1.807) is 0 Å². The Balaban J connectivity index is 5.41. The fraction of sp³-hybridized carbons (Fsp3) is 0.708. The van der Waals surface area contributed by atoms with E-state index in [0.29, 0.717) is 25.7 Å². The van der Waals surface area contributed by atoms with Crippen LogP contribution < -0.4 is 0 Å². The predicted octanol–water partition coefficient (Wildman–Crippen LogP) is 25.2. The van der Waals surface area contributed by atoms with Gasteiger partial charge in [0.05, 0.1) is 26.4 Å². The van der Waals surface area contributed by atoms with Crippen molar-refractivity contribution in [2.75, 3.05) is 39.6 Å². The Labute approximate surface area is 656 Å². The minimum absolute atomic E-state index is 0.0689. The summed E-state index contributed by atoms with van der Waals surface area (Å²) in [4.78, 5) is 73.2. The number of ether oxygens (including phenoxy) is 4. The summed E-state index contributed by atoms with van der Waals surface area (Å²) in [5.74, 6) is -2.23. The Morgan fingerprint density at radius 1 is 0.269 bits per heavy atom. The molecule has 5 atom stereocenters. The van der Waals surface area contributed by atoms with Crippen LogP contribution in [0, 0.1) is 0 Å². The molecule has 0 saturated heterocycles. The topological polar surface area (TPSA) is 237 Å². The van der Waals surface area contributed by atoms with Crippen molar-refractivity contribution in [1.82, 2.24) is 0 Å². The highest BCUT2D eigenvalue weighted by Gasteiger charge is 2.30. The lowest BCUT2D eigenvalue weighted by Crippen LogP contribution is -2.30. The molecule has 0 bridgehead atoms. The summed E-state index contributed by atoms with van der Waals surface area (Å²) in [5.41, 5.74) is 0. The number of hydrogen-bond donors (Lipinski definition) is 3. The third-order valence-electron chi connectivity index (χ3n) is 17.6. The first-order chi connectivity index (χ1) is 52.7. The Morgan fingerprint density at radius 3 is 0.769 bits per heavy atom. The van der Waals surface area contributed by atoms with E-state index < -0.39 is 97.5 Å². The SMILES string of the molecule is CC/C=C\C/C=C\C/C=C\C/C=C\C/C=C\CCCCCC(=O)OCC(COP(=O)(O)OCC(O)COP(=O)(O)OCC(COC(=O)CCCCCCCC/C=C\C/C=C\C/C=C\C/C=C\CC)OC(=O)CCCCCCCCCCCCCCCCC)OC(=O)CCCCCCC/C=C\C/C=C\CCCCC. The molecular weight excluding hydrogens is 1400 g/mol. The second kappa shape index (κ2) is 80.3. The van der Waals surface area contributed by atoms with Gasteiger partial charge >= 0.3 is 39.5 Å². The van der Waals surface area contributed by atoms with E-state index in [2.05, 4.69) is 161 Å². The minimum Gasteiger partial charge on any atom is -0.462 e. The first-order valence-electron chi connectivity index (χ1n) is 42.4. The first-order valence-corrected chi connectivity index (χ1v) is 45.4. The largest absolute Gasteiger partial charge is 0.472 e. The van der Waals surface area contributed by atoms with Crippen molar-refractivity contribution in [3.63, 3.8) is 0 Å². The number of esters is 4. The maximum absolute atomic E-state index is 13.1. The van der Waals surface area contributed by atoms with Crippen LogP contribution in [0.25, 0.3) is 0 Å². The zero-order valence-corrected chi connectivity index (χ0v) is 69.8. The lowest BCUT2D eigenvalue weighted by atomic mass is 10.0. The van der Waals surface area contributed by atoms with Crippen molar-refractivity contribution in [3.8, 4) is 0 Å². The van der Waals surface area contributed by atoms with E-state index in [1.807, 2.05) is 0 Å². The molecule has 0 heterocycles. The number of hydrogen-bond acceptors (Lipinski definition) is 15. The molecule has 5 unspecified atom stereocenters. The molecule has 0 aliphatic carbocycles. The van der Waals surface area contributed by atoms with Crippen molar-refractivity contribution in [2.45, 2.75) is 367 Å². The average Bonchev–Trinajstić information content (AvgIpc) is 0.923. The van der Waals surface area contributed by atoms with E-state index in [4.69, 9.17) is 37.0 Å². The molecule has 0 aromatic carbocycles. The molecule has 0 spiro atoms. The van der Waals surface area contributed by atoms with Crippen LogP contribution in [-0.4, -0.2) is 96.7 Å². The van der Waals surface area contributed by atoms with Gasteiger partial charge < -0.3 is 33.8 Å². The lowest BCUT2D eigenvalue weighted by molar-refractivity contribution is -0.161. The summed E-state index contributed by atoms with van der Waals surface area (Å²) in [6.07, 6.45) is 91.2. The summed E-state index contributed by atoms with van der Waals surface area (Å²) in [5, 5.41) is 10.7. The Morgan fingerprint density at radius 2 is 0.481 bits per heavy atom. The van der Waals surface area contributed by atoms with Gasteiger partial charge in [-0.05, 0) is 141 Å². The fourth-order valence-electron chi connectivity index (χ4n) is 11.2. The van der Waals surface area contributed by atoms with E-state index >= 15 is 0 Å². The van der Waals surface area contributed by atoms with Crippen LogP contribution in [-0.2, 0) is 65.4 Å². The highest BCUT2D eigenvalue weighted by Crippen LogP contribution is 2.45. The molecule has 3 N–H and O–H groups in total. The summed E-state index contributed by atoms with van der Waals surface area (Å²) in [6, 6.07) is 0. The van der Waals surface area contributed by atoms with Crippen molar-refractivity contribution >= 4 is 39.5 Å². The van der Waals surface area contributed by atoms with Gasteiger partial charge in [-0.2, -0.15) is 0 Å². The van der Waals surface area contributed by atoms with Crippen LogP contribution in [0.4, 0.5) is 0 Å². The van der Waals surface area contributed by atoms with Crippen molar-refractivity contribution in [3.05, 3.63) is 134 Å². The van der Waals surface area contributed by atoms with E-state index in [1.165, 1.54) is 83.5 Å². The van der Waals surface area contributed by atoms with Gasteiger partial charge in [-0.15, -0.1) is 0 Å². The number of allylic oxidation sites excluding steroid dienone is 22. The zero-order chi connectivity index (χ0) is 78.9. The number of carbonyl (C=O) groups excluding carboxylic acids is 4. The molecular formula is C89H152O17P2. The molecule has 0 rings (SSSR count). The van der Waals surface area contributed by atoms with Crippen LogP contribution in [0.5, 0.6) is 0 Å². The van der Waals surface area contributed by atoms with Gasteiger partial charge in [-0.25, -0.2) is 9.13 Å². The monoisotopic (exact) mass is 1560 g/mol. The number of phosphoric ester groups is 2. The standard InChI is InChI=1S/C89H152O17P2/c1-5-9-13-17-21-25-29-33-37-39-41-43-47-49-53-57-61-65-69-73-86(91)99-79-84(105-88(93)75-71-67-63-59-55-51-45-35-31-27-23-19-15-11-7-3)81-103-107(95,96)101-77-83(90)78-102-108(97,98)104-82-85(106-89(94)76-72-68-64-60-56-52-46-36-32-28-24-20-16-12-8-4)80-100-87(92)74-70-66-62-58-54-50-48-44-42-40-38-34-30-26-22-18-14-10-6-2/h9-10,13-14,21-23,25-27,33-35,37-38,41-45,49,53,83-85,90H,5-8,11-12,15-20,24,28-32,36,39-40,46-48,50-52,54-82H2,1-4H3,(H,95,96)(H,97,98)/b13-9-,14-10-,25-21-,26-22-,27-23-,37-33-,38-34-,43-41-,44-42-,45-35-,53-49-. The minimum atomic E-state index is -4.99.